The van der Waals surface area contributed by atoms with Gasteiger partial charge in [0.15, 0.2) is 0 Å². The average Bonchev–Trinajstić information content (AvgIpc) is 2.44. The molecule has 1 unspecified atom stereocenters. The lowest BCUT2D eigenvalue weighted by Crippen LogP contribution is -2.12. The Labute approximate surface area is 131 Å². The predicted molar refractivity (Wildman–Crippen MR) is 84.7 cm³/mol. The van der Waals surface area contributed by atoms with E-state index in [1.54, 1.807) is 14.2 Å². The molecule has 0 aliphatic rings. The molecule has 0 bridgehead atoms. The maximum Gasteiger partial charge on any atom is 0.122 e. The van der Waals surface area contributed by atoms with Crippen molar-refractivity contribution in [3.63, 3.8) is 0 Å². The van der Waals surface area contributed by atoms with Crippen LogP contribution in [0.2, 0.25) is 5.02 Å². The highest BCUT2D eigenvalue weighted by molar-refractivity contribution is 9.10. The molecule has 0 saturated heterocycles. The molecule has 0 radical (unpaired) electrons. The Hall–Kier alpha value is -1.23. The Morgan fingerprint density at radius 3 is 2.00 bits per heavy atom. The smallest absolute Gasteiger partial charge is 0.122 e. The van der Waals surface area contributed by atoms with Gasteiger partial charge < -0.3 is 15.2 Å². The molecule has 2 rings (SSSR count). The summed E-state index contributed by atoms with van der Waals surface area (Å²) in [5.74, 6) is 1.41. The van der Waals surface area contributed by atoms with Crippen molar-refractivity contribution >= 4 is 27.5 Å². The van der Waals surface area contributed by atoms with Crippen LogP contribution in [-0.2, 0) is 0 Å². The summed E-state index contributed by atoms with van der Waals surface area (Å²) in [5.41, 5.74) is 8.13. The van der Waals surface area contributed by atoms with E-state index in [4.69, 9.17) is 26.8 Å². The SMILES string of the molecule is COc1cc(OC)cc(C(N)c2cc(Cl)cc(Br)c2)c1. The highest BCUT2D eigenvalue weighted by atomic mass is 79.9. The van der Waals surface area contributed by atoms with E-state index in [-0.39, 0.29) is 6.04 Å². The molecule has 20 heavy (non-hydrogen) atoms. The number of hydrogen-bond acceptors (Lipinski definition) is 3. The van der Waals surface area contributed by atoms with E-state index in [0.29, 0.717) is 16.5 Å². The molecule has 0 heterocycles. The van der Waals surface area contributed by atoms with Gasteiger partial charge in [-0.05, 0) is 41.5 Å². The molecule has 0 aliphatic heterocycles. The maximum atomic E-state index is 6.31. The van der Waals surface area contributed by atoms with Gasteiger partial charge in [0.25, 0.3) is 0 Å². The number of ether oxygens (including phenoxy) is 2. The van der Waals surface area contributed by atoms with Crippen molar-refractivity contribution in [1.29, 1.82) is 0 Å². The van der Waals surface area contributed by atoms with E-state index < -0.39 is 0 Å². The van der Waals surface area contributed by atoms with Crippen LogP contribution in [0.3, 0.4) is 0 Å². The summed E-state index contributed by atoms with van der Waals surface area (Å²) in [6.07, 6.45) is 0. The second-order valence-corrected chi connectivity index (χ2v) is 5.68. The van der Waals surface area contributed by atoms with Crippen LogP contribution in [0.5, 0.6) is 11.5 Å². The molecule has 2 N–H and O–H groups in total. The first-order valence-corrected chi connectivity index (χ1v) is 7.15. The zero-order chi connectivity index (χ0) is 14.7. The molecule has 0 aromatic heterocycles. The van der Waals surface area contributed by atoms with Crippen molar-refractivity contribution in [3.05, 3.63) is 57.0 Å². The lowest BCUT2D eigenvalue weighted by Gasteiger charge is -2.16. The van der Waals surface area contributed by atoms with E-state index in [0.717, 1.165) is 15.6 Å². The highest BCUT2D eigenvalue weighted by Crippen LogP contribution is 2.31. The maximum absolute atomic E-state index is 6.31. The summed E-state index contributed by atoms with van der Waals surface area (Å²) >= 11 is 9.48. The van der Waals surface area contributed by atoms with Gasteiger partial charge in [-0.3, -0.25) is 0 Å². The molecule has 2 aromatic rings. The third-order valence-corrected chi connectivity index (χ3v) is 3.65. The predicted octanol–water partition coefficient (Wildman–Crippen LogP) is 4.17. The third kappa shape index (κ3) is 3.45. The Morgan fingerprint density at radius 1 is 0.950 bits per heavy atom. The second kappa shape index (κ2) is 6.48. The minimum Gasteiger partial charge on any atom is -0.497 e. The number of methoxy groups -OCH3 is 2. The monoisotopic (exact) mass is 355 g/mol. The second-order valence-electron chi connectivity index (χ2n) is 4.33. The fraction of sp³-hybridized carbons (Fsp3) is 0.200. The molecule has 2 aromatic carbocycles. The molecule has 0 spiro atoms. The van der Waals surface area contributed by atoms with E-state index in [1.165, 1.54) is 0 Å². The standard InChI is InChI=1S/C15H15BrClNO2/c1-19-13-5-10(6-14(8-13)20-2)15(18)9-3-11(16)7-12(17)4-9/h3-8,15H,18H2,1-2H3. The zero-order valence-corrected chi connectivity index (χ0v) is 13.5. The highest BCUT2D eigenvalue weighted by Gasteiger charge is 2.13. The van der Waals surface area contributed by atoms with E-state index >= 15 is 0 Å². The van der Waals surface area contributed by atoms with Gasteiger partial charge >= 0.3 is 0 Å². The lowest BCUT2D eigenvalue weighted by molar-refractivity contribution is 0.393. The van der Waals surface area contributed by atoms with Gasteiger partial charge in [0.2, 0.25) is 0 Å². The molecular weight excluding hydrogens is 342 g/mol. The number of benzene rings is 2. The number of nitrogens with two attached hydrogens (primary N) is 1. The van der Waals surface area contributed by atoms with Crippen LogP contribution in [0.4, 0.5) is 0 Å². The van der Waals surface area contributed by atoms with Crippen molar-refractivity contribution in [2.24, 2.45) is 5.73 Å². The summed E-state index contributed by atoms with van der Waals surface area (Å²) in [4.78, 5) is 0. The minimum absolute atomic E-state index is 0.311. The van der Waals surface area contributed by atoms with Crippen LogP contribution < -0.4 is 15.2 Å². The number of rotatable bonds is 4. The van der Waals surface area contributed by atoms with Crippen molar-refractivity contribution in [2.45, 2.75) is 6.04 Å². The minimum atomic E-state index is -0.311. The number of hydrogen-bond donors (Lipinski definition) is 1. The van der Waals surface area contributed by atoms with Crippen molar-refractivity contribution in [3.8, 4) is 11.5 Å². The first kappa shape index (κ1) is 15.2. The van der Waals surface area contributed by atoms with Crippen LogP contribution in [0.15, 0.2) is 40.9 Å². The van der Waals surface area contributed by atoms with E-state index in [2.05, 4.69) is 15.9 Å². The summed E-state index contributed by atoms with van der Waals surface area (Å²) in [7, 11) is 3.22. The Kier molecular flexibility index (Phi) is 4.91. The molecule has 0 fully saturated rings. The Balaban J connectivity index is 2.43. The molecule has 0 amide bonds. The Morgan fingerprint density at radius 2 is 1.50 bits per heavy atom. The van der Waals surface area contributed by atoms with Crippen LogP contribution in [0.25, 0.3) is 0 Å². The summed E-state index contributed by atoms with van der Waals surface area (Å²) in [5, 5.41) is 0.639. The van der Waals surface area contributed by atoms with Gasteiger partial charge in [0.1, 0.15) is 11.5 Å². The first-order chi connectivity index (χ1) is 9.53. The van der Waals surface area contributed by atoms with Crippen LogP contribution in [0.1, 0.15) is 17.2 Å². The van der Waals surface area contributed by atoms with E-state index in [1.807, 2.05) is 36.4 Å². The quantitative estimate of drug-likeness (QED) is 0.894. The van der Waals surface area contributed by atoms with Crippen molar-refractivity contribution in [1.82, 2.24) is 0 Å². The first-order valence-electron chi connectivity index (χ1n) is 5.98. The van der Waals surface area contributed by atoms with Gasteiger partial charge in [0.05, 0.1) is 20.3 Å². The molecular formula is C15H15BrClNO2. The normalized spacial score (nSPS) is 12.1. The summed E-state index contributed by atoms with van der Waals surface area (Å²) in [6, 6.07) is 10.9. The zero-order valence-electron chi connectivity index (χ0n) is 11.2. The molecule has 0 saturated carbocycles. The topological polar surface area (TPSA) is 44.5 Å². The molecule has 0 aliphatic carbocycles. The fourth-order valence-corrected chi connectivity index (χ4v) is 2.84. The van der Waals surface area contributed by atoms with Gasteiger partial charge in [-0.2, -0.15) is 0 Å². The van der Waals surface area contributed by atoms with Crippen LogP contribution in [-0.4, -0.2) is 14.2 Å². The van der Waals surface area contributed by atoms with Crippen LogP contribution in [0, 0.1) is 0 Å². The largest absolute Gasteiger partial charge is 0.497 e. The van der Waals surface area contributed by atoms with Gasteiger partial charge in [-0.1, -0.05) is 27.5 Å². The molecule has 5 heteroatoms. The summed E-state index contributed by atoms with van der Waals surface area (Å²) in [6.45, 7) is 0. The van der Waals surface area contributed by atoms with E-state index in [9.17, 15) is 0 Å². The summed E-state index contributed by atoms with van der Waals surface area (Å²) < 4.78 is 11.4. The average molecular weight is 357 g/mol. The van der Waals surface area contributed by atoms with Gasteiger partial charge in [-0.15, -0.1) is 0 Å². The van der Waals surface area contributed by atoms with Gasteiger partial charge in [-0.25, -0.2) is 0 Å². The lowest BCUT2D eigenvalue weighted by atomic mass is 9.99. The third-order valence-electron chi connectivity index (χ3n) is 2.98. The van der Waals surface area contributed by atoms with Crippen molar-refractivity contribution in [2.75, 3.05) is 14.2 Å². The molecule has 1 atom stereocenters. The van der Waals surface area contributed by atoms with Crippen LogP contribution >= 0.6 is 27.5 Å². The molecule has 106 valence electrons. The Bertz CT molecular complexity index is 576. The fourth-order valence-electron chi connectivity index (χ4n) is 1.96. The van der Waals surface area contributed by atoms with Gasteiger partial charge in [0, 0.05) is 15.6 Å². The number of halogens is 2. The molecule has 3 nitrogen and oxygen atoms in total. The van der Waals surface area contributed by atoms with Crippen molar-refractivity contribution < 1.29 is 9.47 Å².